The number of carboxylic acids is 1. The number of pyridine rings is 2. The monoisotopic (exact) mass is 1120 g/mol. The summed E-state index contributed by atoms with van der Waals surface area (Å²) in [5.74, 6) is -3.69. The predicted octanol–water partition coefficient (Wildman–Crippen LogP) is 6.92. The summed E-state index contributed by atoms with van der Waals surface area (Å²) in [7, 11) is 7.05. The standard InChI is InChI=1S/C28H34N6O4S.C19H27N3S.C9H9N3O5/c1-16-6-8-22(17-7-9-23-21(11-17)32-27(39-23)18-5-4-10-33(2)15-18)34(14-16)28(37)25(36)31-19-12-20(24(29)35)26(38-3)30-13-19;1-13-5-7-16(20-11-13)14-6-8-18-17(10-14)21-19(23-18)15-4-3-9-22(2)12-15;1-17-8-5(6(10)13)2-4(3-11-8)12-7(14)9(15)16/h7,9,11-13,16,18,22H,4-6,8,10,14-15H2,1-3H3,(H2,29,35)(H,31,36);6,8,10,13,15-16,20H,3-5,7,9,11-12H2,1-2H3;2-3H,1H3,(H2,10,13)(H,12,14)(H,15,16)/t16-,18-,22+;13-,15-,16+;/m00./s1. The number of hydrogen-bond acceptors (Lipinski definition) is 17. The molecule has 10 rings (SSSR count). The summed E-state index contributed by atoms with van der Waals surface area (Å²) in [6.07, 6.45) is 11.7. The number of benzene rings is 2. The molecule has 0 bridgehead atoms. The maximum Gasteiger partial charge on any atom is 0.394 e. The van der Waals surface area contributed by atoms with E-state index in [9.17, 15) is 28.8 Å². The van der Waals surface area contributed by atoms with Crippen LogP contribution in [0.3, 0.4) is 0 Å². The van der Waals surface area contributed by atoms with E-state index in [0.717, 1.165) is 73.3 Å². The molecule has 79 heavy (non-hydrogen) atoms. The molecule has 4 aliphatic heterocycles. The summed E-state index contributed by atoms with van der Waals surface area (Å²) in [4.78, 5) is 94.6. The minimum atomic E-state index is -1.65. The molecule has 8 N–H and O–H groups in total. The van der Waals surface area contributed by atoms with E-state index in [1.54, 1.807) is 16.2 Å². The SMILES string of the molecule is COc1ncc(NC(=O)C(=O)N2C[C@@H](C)CC[C@@H]2c2ccc3sc([C@H]4CCCN(C)C4)nc3c2)cc1C(N)=O.COc1ncc(NC(=O)C(=O)O)cc1C(N)=O.C[C@H]1CC[C@H](c2ccc3sc([C@H]4CCCN(C)C4)nc3c2)NC1. The summed E-state index contributed by atoms with van der Waals surface area (Å²) >= 11 is 3.65. The lowest BCUT2D eigenvalue weighted by molar-refractivity contribution is -0.147. The molecule has 4 aliphatic rings. The number of ether oxygens (including phenoxy) is 2. The maximum atomic E-state index is 13.4. The van der Waals surface area contributed by atoms with E-state index in [1.165, 1.54) is 97.0 Å². The number of thiazole rings is 2. The Kier molecular flexibility index (Phi) is 19.2. The van der Waals surface area contributed by atoms with Crippen LogP contribution in [0.25, 0.3) is 20.4 Å². The van der Waals surface area contributed by atoms with Crippen molar-refractivity contribution in [2.75, 3.05) is 78.2 Å². The number of likely N-dealkylation sites (tertiary alicyclic amines) is 3. The number of methoxy groups -OCH3 is 2. The normalized spacial score (nSPS) is 21.6. The molecule has 2 aromatic carbocycles. The number of piperidine rings is 4. The molecule has 0 unspecified atom stereocenters. The van der Waals surface area contributed by atoms with Gasteiger partial charge in [-0.15, -0.1) is 22.7 Å². The van der Waals surface area contributed by atoms with Gasteiger partial charge < -0.3 is 56.7 Å². The van der Waals surface area contributed by atoms with Crippen LogP contribution in [0.4, 0.5) is 11.4 Å². The molecule has 4 fully saturated rings. The highest BCUT2D eigenvalue weighted by Crippen LogP contribution is 2.39. The van der Waals surface area contributed by atoms with Gasteiger partial charge in [0.2, 0.25) is 11.8 Å². The molecule has 420 valence electrons. The highest BCUT2D eigenvalue weighted by atomic mass is 32.1. The fourth-order valence-electron chi connectivity index (χ4n) is 10.7. The highest BCUT2D eigenvalue weighted by Gasteiger charge is 2.35. The van der Waals surface area contributed by atoms with E-state index >= 15 is 0 Å². The van der Waals surface area contributed by atoms with Gasteiger partial charge in [-0.05, 0) is 144 Å². The van der Waals surface area contributed by atoms with Gasteiger partial charge in [0.25, 0.3) is 11.8 Å². The fourth-order valence-corrected chi connectivity index (χ4v) is 12.8. The van der Waals surface area contributed by atoms with Crippen LogP contribution in [0.15, 0.2) is 60.9 Å². The van der Waals surface area contributed by atoms with Gasteiger partial charge >= 0.3 is 23.7 Å². The second-order valence-corrected chi connectivity index (χ2v) is 23.2. The Morgan fingerprint density at radius 2 is 1.16 bits per heavy atom. The summed E-state index contributed by atoms with van der Waals surface area (Å²) in [6, 6.07) is 16.0. The van der Waals surface area contributed by atoms with Gasteiger partial charge in [-0.2, -0.15) is 0 Å². The smallest absolute Gasteiger partial charge is 0.394 e. The number of primary amides is 2. The van der Waals surface area contributed by atoms with Gasteiger partial charge in [-0.25, -0.2) is 24.7 Å². The first-order chi connectivity index (χ1) is 37.9. The van der Waals surface area contributed by atoms with Gasteiger partial charge in [-0.1, -0.05) is 26.0 Å². The fraction of sp³-hybridized carbons (Fsp3) is 0.464. The third-order valence-corrected chi connectivity index (χ3v) is 17.3. The topological polar surface area (TPSA) is 291 Å². The number of carbonyl (C=O) groups is 6. The third-order valence-electron chi connectivity index (χ3n) is 14.9. The molecule has 6 aromatic rings. The molecule has 8 heterocycles. The van der Waals surface area contributed by atoms with E-state index in [0.29, 0.717) is 24.4 Å². The zero-order chi connectivity index (χ0) is 56.5. The molecular formula is C56H70N12O9S2. The van der Waals surface area contributed by atoms with Crippen LogP contribution in [0.1, 0.15) is 131 Å². The second kappa shape index (κ2) is 26.2. The zero-order valence-electron chi connectivity index (χ0n) is 45.5. The molecule has 0 spiro atoms. The lowest BCUT2D eigenvalue weighted by atomic mass is 9.89. The number of rotatable bonds is 10. The van der Waals surface area contributed by atoms with Crippen LogP contribution in [0.5, 0.6) is 11.8 Å². The number of aromatic nitrogens is 4. The number of hydrogen-bond donors (Lipinski definition) is 6. The largest absolute Gasteiger partial charge is 0.480 e. The number of nitrogens with two attached hydrogens (primary N) is 2. The molecule has 0 radical (unpaired) electrons. The lowest BCUT2D eigenvalue weighted by Crippen LogP contribution is -2.46. The molecular weight excluding hydrogens is 1050 g/mol. The minimum absolute atomic E-state index is 0.00850. The Labute approximate surface area is 466 Å². The lowest BCUT2D eigenvalue weighted by Gasteiger charge is -2.38. The average molecular weight is 1120 g/mol. The van der Waals surface area contributed by atoms with Crippen LogP contribution >= 0.6 is 22.7 Å². The first kappa shape index (κ1) is 58.0. The molecule has 21 nitrogen and oxygen atoms in total. The summed E-state index contributed by atoms with van der Waals surface area (Å²) in [6.45, 7) is 10.6. The van der Waals surface area contributed by atoms with E-state index in [1.807, 2.05) is 16.7 Å². The number of likely N-dealkylation sites (N-methyl/N-ethyl adjacent to an activating group) is 2. The molecule has 4 saturated heterocycles. The number of amides is 5. The summed E-state index contributed by atoms with van der Waals surface area (Å²) in [5.41, 5.74) is 15.2. The van der Waals surface area contributed by atoms with Gasteiger partial charge in [-0.3, -0.25) is 24.0 Å². The van der Waals surface area contributed by atoms with Gasteiger partial charge in [0, 0.05) is 37.5 Å². The van der Waals surface area contributed by atoms with Crippen LogP contribution < -0.4 is 36.9 Å². The average Bonchev–Trinajstić information content (AvgIpc) is 4.24. The van der Waals surface area contributed by atoms with Crippen molar-refractivity contribution >= 4 is 90.0 Å². The first-order valence-corrected chi connectivity index (χ1v) is 28.3. The van der Waals surface area contributed by atoms with E-state index in [4.69, 9.17) is 36.0 Å². The van der Waals surface area contributed by atoms with Crippen molar-refractivity contribution in [2.24, 2.45) is 23.3 Å². The molecule has 5 amide bonds. The van der Waals surface area contributed by atoms with Gasteiger partial charge in [0.1, 0.15) is 11.1 Å². The second-order valence-electron chi connectivity index (χ2n) is 21.1. The van der Waals surface area contributed by atoms with E-state index in [2.05, 4.69) is 94.7 Å². The van der Waals surface area contributed by atoms with Crippen molar-refractivity contribution in [2.45, 2.75) is 89.1 Å². The van der Waals surface area contributed by atoms with Crippen LogP contribution in [0.2, 0.25) is 0 Å². The summed E-state index contributed by atoms with van der Waals surface area (Å²) < 4.78 is 12.3. The number of fused-ring (bicyclic) bond motifs is 2. The van der Waals surface area contributed by atoms with Crippen LogP contribution in [0, 0.1) is 11.8 Å². The first-order valence-electron chi connectivity index (χ1n) is 26.6. The van der Waals surface area contributed by atoms with E-state index in [-0.39, 0.29) is 46.2 Å². The predicted molar refractivity (Wildman–Crippen MR) is 304 cm³/mol. The van der Waals surface area contributed by atoms with Gasteiger partial charge in [0.15, 0.2) is 0 Å². The van der Waals surface area contributed by atoms with Crippen LogP contribution in [-0.2, 0) is 19.2 Å². The summed E-state index contributed by atoms with van der Waals surface area (Å²) in [5, 5.41) is 19.2. The quantitative estimate of drug-likeness (QED) is 0.0759. The van der Waals surface area contributed by atoms with Crippen molar-refractivity contribution in [1.82, 2.24) is 40.0 Å². The number of carbonyl (C=O) groups excluding carboxylic acids is 5. The van der Waals surface area contributed by atoms with Crippen molar-refractivity contribution in [1.29, 1.82) is 0 Å². The molecule has 0 saturated carbocycles. The van der Waals surface area contributed by atoms with Crippen molar-refractivity contribution in [3.05, 3.63) is 93.2 Å². The number of nitrogens with zero attached hydrogens (tertiary/aromatic N) is 7. The zero-order valence-corrected chi connectivity index (χ0v) is 47.1. The number of anilines is 2. The minimum Gasteiger partial charge on any atom is -0.480 e. The number of aliphatic carboxylic acids is 1. The maximum absolute atomic E-state index is 13.4. The van der Waals surface area contributed by atoms with Crippen molar-refractivity contribution < 1.29 is 43.3 Å². The Morgan fingerprint density at radius 3 is 1.65 bits per heavy atom. The molecule has 6 atom stereocenters. The highest BCUT2D eigenvalue weighted by molar-refractivity contribution is 7.19. The third kappa shape index (κ3) is 14.6. The van der Waals surface area contributed by atoms with Gasteiger partial charge in [0.05, 0.1) is 74.5 Å². The van der Waals surface area contributed by atoms with Crippen molar-refractivity contribution in [3.63, 3.8) is 0 Å². The number of carboxylic acid groups (broad SMARTS) is 1. The Balaban J connectivity index is 0.000000173. The van der Waals surface area contributed by atoms with E-state index < -0.39 is 35.5 Å². The van der Waals surface area contributed by atoms with Crippen LogP contribution in [-0.4, -0.2) is 143 Å². The van der Waals surface area contributed by atoms with Crippen molar-refractivity contribution in [3.8, 4) is 11.8 Å². The Bertz CT molecular complexity index is 3200. The molecule has 23 heteroatoms. The Hall–Kier alpha value is -7.18. The number of nitrogens with one attached hydrogen (secondary N) is 3. The Morgan fingerprint density at radius 1 is 0.658 bits per heavy atom. The molecule has 0 aliphatic carbocycles. The molecule has 4 aromatic heterocycles.